The van der Waals surface area contributed by atoms with Crippen LogP contribution in [0.25, 0.3) is 11.0 Å². The fourth-order valence-corrected chi connectivity index (χ4v) is 3.79. The highest BCUT2D eigenvalue weighted by Crippen LogP contribution is 2.48. The van der Waals surface area contributed by atoms with Crippen LogP contribution in [-0.2, 0) is 15.8 Å². The standard InChI is InChI=1S/C22H19F3N4O2/c23-22(24,25)12-5-7-13(8-6-12)26-20(31)21(9-10-21)29-19(30)15-11-14(15)18-27-16-3-1-2-4-17(16)28-18/h1-8,14-15H,9-11H2,(H,26,31)(H,27,28)(H,29,30)/t14-,15?/m0/s1. The van der Waals surface area contributed by atoms with Gasteiger partial charge in [-0.1, -0.05) is 12.1 Å². The number of carbonyl (C=O) groups excluding carboxylic acids is 2. The third-order valence-corrected chi connectivity index (χ3v) is 5.90. The molecule has 2 saturated carbocycles. The molecule has 3 aromatic rings. The van der Waals surface area contributed by atoms with Gasteiger partial charge >= 0.3 is 6.18 Å². The molecule has 2 fully saturated rings. The molecule has 2 aromatic carbocycles. The van der Waals surface area contributed by atoms with E-state index < -0.39 is 23.2 Å². The van der Waals surface area contributed by atoms with E-state index in [4.69, 9.17) is 0 Å². The molecular weight excluding hydrogens is 409 g/mol. The van der Waals surface area contributed by atoms with Crippen LogP contribution in [0.4, 0.5) is 18.9 Å². The lowest BCUT2D eigenvalue weighted by Gasteiger charge is -2.17. The molecule has 0 radical (unpaired) electrons. The van der Waals surface area contributed by atoms with E-state index in [0.717, 1.165) is 29.0 Å². The number of alkyl halides is 3. The fourth-order valence-electron chi connectivity index (χ4n) is 3.79. The van der Waals surface area contributed by atoms with Crippen LogP contribution >= 0.6 is 0 Å². The van der Waals surface area contributed by atoms with Crippen molar-refractivity contribution in [2.75, 3.05) is 5.32 Å². The van der Waals surface area contributed by atoms with Crippen molar-refractivity contribution in [3.8, 4) is 0 Å². The Bertz CT molecular complexity index is 1130. The van der Waals surface area contributed by atoms with Crippen molar-refractivity contribution in [1.82, 2.24) is 15.3 Å². The summed E-state index contributed by atoms with van der Waals surface area (Å²) in [5.74, 6) is -0.120. The van der Waals surface area contributed by atoms with Crippen molar-refractivity contribution in [3.63, 3.8) is 0 Å². The molecule has 1 unspecified atom stereocenters. The molecule has 9 heteroatoms. The number of anilines is 1. The molecular formula is C22H19F3N4O2. The molecule has 2 aliphatic rings. The van der Waals surface area contributed by atoms with Crippen LogP contribution in [0.2, 0.25) is 0 Å². The fraction of sp³-hybridized carbons (Fsp3) is 0.318. The van der Waals surface area contributed by atoms with Gasteiger partial charge < -0.3 is 15.6 Å². The predicted molar refractivity (Wildman–Crippen MR) is 107 cm³/mol. The molecule has 1 heterocycles. The monoisotopic (exact) mass is 428 g/mol. The molecule has 31 heavy (non-hydrogen) atoms. The first-order valence-electron chi connectivity index (χ1n) is 10.0. The number of aromatic amines is 1. The Balaban J connectivity index is 1.21. The van der Waals surface area contributed by atoms with E-state index >= 15 is 0 Å². The van der Waals surface area contributed by atoms with Crippen LogP contribution in [0, 0.1) is 5.92 Å². The summed E-state index contributed by atoms with van der Waals surface area (Å²) in [4.78, 5) is 33.2. The first-order valence-corrected chi connectivity index (χ1v) is 10.0. The molecule has 0 saturated heterocycles. The summed E-state index contributed by atoms with van der Waals surface area (Å²) in [6, 6.07) is 11.9. The predicted octanol–water partition coefficient (Wildman–Crippen LogP) is 3.97. The lowest BCUT2D eigenvalue weighted by molar-refractivity contribution is -0.137. The average Bonchev–Trinajstić information content (AvgIpc) is 3.64. The molecule has 2 amide bonds. The summed E-state index contributed by atoms with van der Waals surface area (Å²) in [5, 5.41) is 5.46. The van der Waals surface area contributed by atoms with Gasteiger partial charge in [0.15, 0.2) is 0 Å². The maximum absolute atomic E-state index is 12.7. The SMILES string of the molecule is O=C(NC1(C(=O)Nc2ccc(C(F)(F)F)cc2)CC1)C1C[C@@H]1c1nc2ccccc2[nH]1. The van der Waals surface area contributed by atoms with E-state index in [1.54, 1.807) is 0 Å². The minimum Gasteiger partial charge on any atom is -0.342 e. The summed E-state index contributed by atoms with van der Waals surface area (Å²) in [6.07, 6.45) is -2.79. The number of nitrogens with zero attached hydrogens (tertiary/aromatic N) is 1. The molecule has 2 aliphatic carbocycles. The topological polar surface area (TPSA) is 86.9 Å². The molecule has 0 aliphatic heterocycles. The van der Waals surface area contributed by atoms with Gasteiger partial charge in [0, 0.05) is 17.5 Å². The third kappa shape index (κ3) is 3.75. The lowest BCUT2D eigenvalue weighted by Crippen LogP contribution is -2.46. The van der Waals surface area contributed by atoms with Gasteiger partial charge in [0.25, 0.3) is 0 Å². The number of carbonyl (C=O) groups is 2. The van der Waals surface area contributed by atoms with Gasteiger partial charge in [-0.15, -0.1) is 0 Å². The number of imidazole rings is 1. The number of hydrogen-bond donors (Lipinski definition) is 3. The van der Waals surface area contributed by atoms with Crippen LogP contribution in [-0.4, -0.2) is 27.3 Å². The van der Waals surface area contributed by atoms with E-state index in [9.17, 15) is 22.8 Å². The number of benzene rings is 2. The number of halogens is 3. The molecule has 0 spiro atoms. The number of fused-ring (bicyclic) bond motifs is 1. The van der Waals surface area contributed by atoms with Gasteiger partial charge in [-0.2, -0.15) is 13.2 Å². The summed E-state index contributed by atoms with van der Waals surface area (Å²) < 4.78 is 38.0. The quantitative estimate of drug-likeness (QED) is 0.575. The molecule has 1 aromatic heterocycles. The zero-order chi connectivity index (χ0) is 21.8. The first-order chi connectivity index (χ1) is 14.7. The van der Waals surface area contributed by atoms with E-state index in [1.165, 1.54) is 12.1 Å². The number of nitrogens with one attached hydrogen (secondary N) is 3. The number of H-pyrrole nitrogens is 1. The van der Waals surface area contributed by atoms with Crippen LogP contribution in [0.5, 0.6) is 0 Å². The Morgan fingerprint density at radius 2 is 1.77 bits per heavy atom. The number of hydrogen-bond acceptors (Lipinski definition) is 3. The second-order valence-electron chi connectivity index (χ2n) is 8.19. The Morgan fingerprint density at radius 3 is 2.42 bits per heavy atom. The molecule has 2 atom stereocenters. The maximum atomic E-state index is 12.7. The highest BCUT2D eigenvalue weighted by atomic mass is 19.4. The zero-order valence-electron chi connectivity index (χ0n) is 16.3. The zero-order valence-corrected chi connectivity index (χ0v) is 16.3. The second-order valence-corrected chi connectivity index (χ2v) is 8.19. The van der Waals surface area contributed by atoms with Crippen molar-refractivity contribution < 1.29 is 22.8 Å². The van der Waals surface area contributed by atoms with Crippen molar-refractivity contribution in [1.29, 1.82) is 0 Å². The van der Waals surface area contributed by atoms with Gasteiger partial charge in [-0.25, -0.2) is 4.98 Å². The summed E-state index contributed by atoms with van der Waals surface area (Å²) in [5.41, 5.74) is 0.229. The molecule has 5 rings (SSSR count). The Labute approximate surface area is 175 Å². The largest absolute Gasteiger partial charge is 0.416 e. The summed E-state index contributed by atoms with van der Waals surface area (Å²) >= 11 is 0. The molecule has 160 valence electrons. The van der Waals surface area contributed by atoms with Gasteiger partial charge in [-0.3, -0.25) is 9.59 Å². The normalized spacial score (nSPS) is 21.5. The van der Waals surface area contributed by atoms with E-state index in [-0.39, 0.29) is 23.4 Å². The summed E-state index contributed by atoms with van der Waals surface area (Å²) in [7, 11) is 0. The molecule has 6 nitrogen and oxygen atoms in total. The van der Waals surface area contributed by atoms with Crippen molar-refractivity contribution in [2.45, 2.75) is 36.9 Å². The van der Waals surface area contributed by atoms with Crippen molar-refractivity contribution in [3.05, 3.63) is 59.9 Å². The van der Waals surface area contributed by atoms with Gasteiger partial charge in [0.05, 0.1) is 16.6 Å². The van der Waals surface area contributed by atoms with Crippen LogP contribution < -0.4 is 10.6 Å². The number of amides is 2. The lowest BCUT2D eigenvalue weighted by atomic mass is 10.1. The highest BCUT2D eigenvalue weighted by Gasteiger charge is 2.55. The number of aromatic nitrogens is 2. The Kier molecular flexibility index (Phi) is 4.32. The molecule has 0 bridgehead atoms. The smallest absolute Gasteiger partial charge is 0.342 e. The Hall–Kier alpha value is -3.36. The van der Waals surface area contributed by atoms with E-state index in [1.807, 2.05) is 24.3 Å². The minimum atomic E-state index is -4.44. The van der Waals surface area contributed by atoms with Crippen molar-refractivity contribution in [2.24, 2.45) is 5.92 Å². The van der Waals surface area contributed by atoms with Gasteiger partial charge in [0.1, 0.15) is 11.4 Å². The van der Waals surface area contributed by atoms with E-state index in [2.05, 4.69) is 20.6 Å². The number of rotatable bonds is 5. The van der Waals surface area contributed by atoms with Crippen LogP contribution in [0.3, 0.4) is 0 Å². The Morgan fingerprint density at radius 1 is 1.06 bits per heavy atom. The van der Waals surface area contributed by atoms with Gasteiger partial charge in [0.2, 0.25) is 11.8 Å². The van der Waals surface area contributed by atoms with Gasteiger partial charge in [-0.05, 0) is 55.7 Å². The van der Waals surface area contributed by atoms with Crippen LogP contribution in [0.15, 0.2) is 48.5 Å². The highest BCUT2D eigenvalue weighted by molar-refractivity contribution is 6.03. The third-order valence-electron chi connectivity index (χ3n) is 5.90. The maximum Gasteiger partial charge on any atom is 0.416 e. The van der Waals surface area contributed by atoms with Crippen molar-refractivity contribution >= 4 is 28.5 Å². The minimum absolute atomic E-state index is 0.0128. The summed E-state index contributed by atoms with van der Waals surface area (Å²) in [6.45, 7) is 0. The average molecular weight is 428 g/mol. The van der Waals surface area contributed by atoms with Crippen LogP contribution in [0.1, 0.15) is 36.6 Å². The molecule has 3 N–H and O–H groups in total. The second kappa shape index (κ2) is 6.83. The first kappa shape index (κ1) is 19.6. The van der Waals surface area contributed by atoms with E-state index in [0.29, 0.717) is 19.3 Å². The number of para-hydroxylation sites is 2.